The Morgan fingerprint density at radius 1 is 1.13 bits per heavy atom. The molecule has 0 heterocycles. The van der Waals surface area contributed by atoms with Gasteiger partial charge in [-0.1, -0.05) is 0 Å². The lowest BCUT2D eigenvalue weighted by molar-refractivity contribution is -0.137. The number of carboxylic acids is 1. The highest BCUT2D eigenvalue weighted by Crippen LogP contribution is 2.17. The van der Waals surface area contributed by atoms with Crippen LogP contribution in [0.1, 0.15) is 6.42 Å². The number of aliphatic carboxylic acids is 1. The maximum atomic E-state index is 11.9. The van der Waals surface area contributed by atoms with E-state index in [0.717, 1.165) is 4.31 Å². The minimum absolute atomic E-state index is 0. The average molecular weight is 367 g/mol. The lowest BCUT2D eigenvalue weighted by atomic mass is 10.3. The Balaban J connectivity index is 0.00000484. The molecule has 0 aliphatic heterocycles. The maximum absolute atomic E-state index is 11.9. The molecule has 0 bridgehead atoms. The van der Waals surface area contributed by atoms with E-state index in [1.807, 2.05) is 11.9 Å². The number of likely N-dealkylation sites (N-methyl/N-ethyl adjacent to an activating group) is 1. The summed E-state index contributed by atoms with van der Waals surface area (Å²) in [6, 6.07) is 6.21. The van der Waals surface area contributed by atoms with Crippen molar-refractivity contribution in [2.75, 3.05) is 40.8 Å². The fourth-order valence-corrected chi connectivity index (χ4v) is 2.54. The Morgan fingerprint density at radius 3 is 2.17 bits per heavy atom. The van der Waals surface area contributed by atoms with E-state index >= 15 is 0 Å². The largest absolute Gasteiger partial charge is 0.492 e. The molecule has 0 aromatic heterocycles. The van der Waals surface area contributed by atoms with Gasteiger partial charge in [0, 0.05) is 27.2 Å². The predicted octanol–water partition coefficient (Wildman–Crippen LogP) is 1.14. The number of hydrogen-bond acceptors (Lipinski definition) is 5. The van der Waals surface area contributed by atoms with Crippen molar-refractivity contribution >= 4 is 28.4 Å². The molecular formula is C14H23ClN2O5S. The van der Waals surface area contributed by atoms with Crippen LogP contribution < -0.4 is 4.74 Å². The molecule has 0 amide bonds. The molecule has 7 nitrogen and oxygen atoms in total. The van der Waals surface area contributed by atoms with Crippen molar-refractivity contribution in [3.8, 4) is 5.75 Å². The Labute approximate surface area is 143 Å². The number of nitrogens with zero attached hydrogens (tertiary/aromatic N) is 2. The second-order valence-corrected chi connectivity index (χ2v) is 7.21. The molecule has 132 valence electrons. The van der Waals surface area contributed by atoms with E-state index in [1.54, 1.807) is 12.1 Å². The molecule has 0 aliphatic carbocycles. The van der Waals surface area contributed by atoms with Crippen molar-refractivity contribution in [3.63, 3.8) is 0 Å². The van der Waals surface area contributed by atoms with Crippen molar-refractivity contribution in [2.24, 2.45) is 0 Å². The second-order valence-electron chi connectivity index (χ2n) is 5.05. The van der Waals surface area contributed by atoms with Crippen LogP contribution in [0.5, 0.6) is 5.75 Å². The Bertz CT molecular complexity index is 590. The number of halogens is 1. The van der Waals surface area contributed by atoms with E-state index in [-0.39, 0.29) is 23.7 Å². The third kappa shape index (κ3) is 7.17. The standard InChI is InChI=1S/C14H22N2O5S.ClH/c1-15(2)22(19,20)13-6-4-12(5-7-13)21-11-10-16(3)9-8-14(17)18;/h4-7H,8-11H2,1-3H3,(H,17,18);1H. The smallest absolute Gasteiger partial charge is 0.304 e. The first-order valence-electron chi connectivity index (χ1n) is 6.79. The molecule has 0 fully saturated rings. The Hall–Kier alpha value is -1.35. The van der Waals surface area contributed by atoms with Crippen LogP contribution in [0.15, 0.2) is 29.2 Å². The molecule has 0 atom stereocenters. The van der Waals surface area contributed by atoms with E-state index < -0.39 is 16.0 Å². The summed E-state index contributed by atoms with van der Waals surface area (Å²) in [6.45, 7) is 1.44. The number of carbonyl (C=O) groups is 1. The second kappa shape index (κ2) is 9.71. The van der Waals surface area contributed by atoms with Gasteiger partial charge in [-0.2, -0.15) is 0 Å². The van der Waals surface area contributed by atoms with E-state index in [9.17, 15) is 13.2 Å². The van der Waals surface area contributed by atoms with Gasteiger partial charge in [0.25, 0.3) is 0 Å². The molecule has 0 aliphatic rings. The van der Waals surface area contributed by atoms with Gasteiger partial charge in [0.15, 0.2) is 0 Å². The summed E-state index contributed by atoms with van der Waals surface area (Å²) in [6.07, 6.45) is 0.0909. The molecule has 0 unspecified atom stereocenters. The van der Waals surface area contributed by atoms with Crippen molar-refractivity contribution in [3.05, 3.63) is 24.3 Å². The summed E-state index contributed by atoms with van der Waals surface area (Å²) in [5.74, 6) is -0.255. The normalized spacial score (nSPS) is 11.3. The fourth-order valence-electron chi connectivity index (χ4n) is 1.64. The zero-order valence-electron chi connectivity index (χ0n) is 13.4. The van der Waals surface area contributed by atoms with Crippen LogP contribution in [0.3, 0.4) is 0 Å². The topological polar surface area (TPSA) is 87.2 Å². The van der Waals surface area contributed by atoms with E-state index in [1.165, 1.54) is 26.2 Å². The zero-order chi connectivity index (χ0) is 16.8. The fraction of sp³-hybridized carbons (Fsp3) is 0.500. The third-order valence-electron chi connectivity index (χ3n) is 3.05. The Kier molecular flexibility index (Phi) is 9.14. The molecule has 0 radical (unpaired) electrons. The monoisotopic (exact) mass is 366 g/mol. The van der Waals surface area contributed by atoms with Crippen molar-refractivity contribution in [2.45, 2.75) is 11.3 Å². The minimum atomic E-state index is -3.43. The van der Waals surface area contributed by atoms with Gasteiger partial charge in [-0.3, -0.25) is 4.79 Å². The van der Waals surface area contributed by atoms with Crippen molar-refractivity contribution in [1.82, 2.24) is 9.21 Å². The van der Waals surface area contributed by atoms with Crippen LogP contribution in [0, 0.1) is 0 Å². The molecule has 1 aromatic carbocycles. The highest BCUT2D eigenvalue weighted by atomic mass is 35.5. The molecule has 0 spiro atoms. The SMILES string of the molecule is CN(CCOc1ccc(S(=O)(=O)N(C)C)cc1)CCC(=O)O.Cl. The number of carboxylic acid groups (broad SMARTS) is 1. The minimum Gasteiger partial charge on any atom is -0.492 e. The molecule has 0 saturated heterocycles. The zero-order valence-corrected chi connectivity index (χ0v) is 15.1. The van der Waals surface area contributed by atoms with Crippen LogP contribution in [0.2, 0.25) is 0 Å². The van der Waals surface area contributed by atoms with E-state index in [2.05, 4.69) is 0 Å². The van der Waals surface area contributed by atoms with Gasteiger partial charge in [-0.15, -0.1) is 12.4 Å². The number of hydrogen-bond donors (Lipinski definition) is 1. The van der Waals surface area contributed by atoms with E-state index in [0.29, 0.717) is 25.4 Å². The summed E-state index contributed by atoms with van der Waals surface area (Å²) >= 11 is 0. The number of rotatable bonds is 9. The van der Waals surface area contributed by atoms with Gasteiger partial charge < -0.3 is 14.7 Å². The van der Waals surface area contributed by atoms with E-state index in [4.69, 9.17) is 9.84 Å². The molecule has 9 heteroatoms. The maximum Gasteiger partial charge on any atom is 0.304 e. The number of benzene rings is 1. The average Bonchev–Trinajstić information content (AvgIpc) is 2.45. The number of sulfonamides is 1. The first-order valence-corrected chi connectivity index (χ1v) is 8.23. The molecule has 1 rings (SSSR count). The highest BCUT2D eigenvalue weighted by Gasteiger charge is 2.16. The highest BCUT2D eigenvalue weighted by molar-refractivity contribution is 7.89. The molecule has 0 saturated carbocycles. The summed E-state index contributed by atoms with van der Waals surface area (Å²) in [7, 11) is 1.35. The molecule has 1 N–H and O–H groups in total. The molecular weight excluding hydrogens is 344 g/mol. The Morgan fingerprint density at radius 2 is 1.70 bits per heavy atom. The van der Waals surface area contributed by atoms with Crippen LogP contribution in [-0.4, -0.2) is 69.5 Å². The van der Waals surface area contributed by atoms with Crippen molar-refractivity contribution in [1.29, 1.82) is 0 Å². The van der Waals surface area contributed by atoms with Crippen molar-refractivity contribution < 1.29 is 23.1 Å². The van der Waals surface area contributed by atoms with Crippen LogP contribution in [-0.2, 0) is 14.8 Å². The van der Waals surface area contributed by atoms with Gasteiger partial charge in [0.1, 0.15) is 12.4 Å². The van der Waals surface area contributed by atoms with Gasteiger partial charge in [-0.05, 0) is 31.3 Å². The lowest BCUT2D eigenvalue weighted by Crippen LogP contribution is -2.26. The van der Waals surface area contributed by atoms with Crippen LogP contribution in [0.4, 0.5) is 0 Å². The number of ether oxygens (including phenoxy) is 1. The summed E-state index contributed by atoms with van der Waals surface area (Å²) < 4.78 is 30.5. The first-order chi connectivity index (χ1) is 10.2. The summed E-state index contributed by atoms with van der Waals surface area (Å²) in [4.78, 5) is 12.5. The van der Waals surface area contributed by atoms with Crippen LogP contribution >= 0.6 is 12.4 Å². The van der Waals surface area contributed by atoms with Gasteiger partial charge >= 0.3 is 5.97 Å². The molecule has 1 aromatic rings. The summed E-state index contributed by atoms with van der Waals surface area (Å²) in [5.41, 5.74) is 0. The van der Waals surface area contributed by atoms with Gasteiger partial charge in [0.05, 0.1) is 11.3 Å². The quantitative estimate of drug-likeness (QED) is 0.705. The first kappa shape index (κ1) is 21.6. The van der Waals surface area contributed by atoms with Gasteiger partial charge in [0.2, 0.25) is 10.0 Å². The predicted molar refractivity (Wildman–Crippen MR) is 89.8 cm³/mol. The van der Waals surface area contributed by atoms with Crippen LogP contribution in [0.25, 0.3) is 0 Å². The molecule has 23 heavy (non-hydrogen) atoms. The third-order valence-corrected chi connectivity index (χ3v) is 4.88. The summed E-state index contributed by atoms with van der Waals surface area (Å²) in [5, 5.41) is 8.59. The van der Waals surface area contributed by atoms with Gasteiger partial charge in [-0.25, -0.2) is 12.7 Å². The lowest BCUT2D eigenvalue weighted by Gasteiger charge is -2.16.